The number of fused-ring (bicyclic) bond motifs is 1. The van der Waals surface area contributed by atoms with E-state index in [1.54, 1.807) is 4.90 Å². The molecule has 0 aliphatic carbocycles. The minimum absolute atomic E-state index is 0.0634. The lowest BCUT2D eigenvalue weighted by Gasteiger charge is -2.47. The van der Waals surface area contributed by atoms with Gasteiger partial charge in [-0.3, -0.25) is 19.4 Å². The van der Waals surface area contributed by atoms with Gasteiger partial charge in [0.25, 0.3) is 5.91 Å². The Morgan fingerprint density at radius 3 is 2.50 bits per heavy atom. The van der Waals surface area contributed by atoms with Gasteiger partial charge in [-0.1, -0.05) is 42.5 Å². The van der Waals surface area contributed by atoms with Crippen LogP contribution in [0.5, 0.6) is 0 Å². The number of hydrogen-bond donors (Lipinski definition) is 1. The van der Waals surface area contributed by atoms with Crippen molar-refractivity contribution in [1.29, 1.82) is 0 Å². The van der Waals surface area contributed by atoms with Crippen LogP contribution < -0.4 is 5.32 Å². The molecule has 2 saturated heterocycles. The second kappa shape index (κ2) is 11.1. The molecule has 1 N–H and O–H groups in total. The van der Waals surface area contributed by atoms with E-state index >= 15 is 0 Å². The molecular formula is C30H38N6O2. The van der Waals surface area contributed by atoms with E-state index in [1.165, 1.54) is 0 Å². The first-order valence-electron chi connectivity index (χ1n) is 13.5. The summed E-state index contributed by atoms with van der Waals surface area (Å²) in [4.78, 5) is 39.6. The molecule has 2 fully saturated rings. The van der Waals surface area contributed by atoms with E-state index in [4.69, 9.17) is 4.99 Å². The number of rotatable bonds is 5. The predicted molar refractivity (Wildman–Crippen MR) is 151 cm³/mol. The minimum Gasteiger partial charge on any atom is -0.340 e. The molecule has 8 nitrogen and oxygen atoms in total. The molecule has 2 aromatic rings. The Labute approximate surface area is 225 Å². The van der Waals surface area contributed by atoms with Gasteiger partial charge in [-0.25, -0.2) is 4.99 Å². The highest BCUT2D eigenvalue weighted by atomic mass is 16.2. The molecule has 2 aromatic carbocycles. The Hall–Kier alpha value is -3.49. The van der Waals surface area contributed by atoms with Crippen molar-refractivity contribution in [1.82, 2.24) is 19.6 Å². The minimum atomic E-state index is -0.282. The zero-order chi connectivity index (χ0) is 26.8. The number of carbonyl (C=O) groups is 2. The average Bonchev–Trinajstić information content (AvgIpc) is 2.94. The van der Waals surface area contributed by atoms with Crippen molar-refractivity contribution >= 4 is 23.3 Å². The molecule has 0 radical (unpaired) electrons. The van der Waals surface area contributed by atoms with Crippen LogP contribution in [-0.4, -0.2) is 94.8 Å². The summed E-state index contributed by atoms with van der Waals surface area (Å²) in [6.07, 6.45) is 3.77. The molecule has 0 aromatic heterocycles. The van der Waals surface area contributed by atoms with Crippen molar-refractivity contribution in [3.63, 3.8) is 0 Å². The van der Waals surface area contributed by atoms with E-state index in [2.05, 4.69) is 41.1 Å². The normalized spacial score (nSPS) is 24.4. The monoisotopic (exact) mass is 514 g/mol. The summed E-state index contributed by atoms with van der Waals surface area (Å²) >= 11 is 0. The number of piperazine rings is 2. The lowest BCUT2D eigenvalue weighted by Crippen LogP contribution is -2.64. The van der Waals surface area contributed by atoms with Crippen LogP contribution in [0.2, 0.25) is 0 Å². The summed E-state index contributed by atoms with van der Waals surface area (Å²) < 4.78 is 0. The number of nitrogens with one attached hydrogen (secondary N) is 1. The van der Waals surface area contributed by atoms with E-state index in [1.807, 2.05) is 73.5 Å². The van der Waals surface area contributed by atoms with E-state index in [9.17, 15) is 9.59 Å². The third-order valence-electron chi connectivity index (χ3n) is 7.94. The second-order valence-corrected chi connectivity index (χ2v) is 10.7. The number of amides is 2. The van der Waals surface area contributed by atoms with Crippen molar-refractivity contribution in [3.05, 3.63) is 77.9 Å². The fourth-order valence-corrected chi connectivity index (χ4v) is 5.56. The van der Waals surface area contributed by atoms with Crippen LogP contribution in [0.15, 0.2) is 71.7 Å². The fourth-order valence-electron chi connectivity index (χ4n) is 5.56. The van der Waals surface area contributed by atoms with Crippen LogP contribution in [-0.2, 0) is 11.3 Å². The molecule has 2 unspecified atom stereocenters. The molecule has 200 valence electrons. The van der Waals surface area contributed by atoms with Crippen LogP contribution in [0.25, 0.3) is 0 Å². The van der Waals surface area contributed by atoms with Gasteiger partial charge in [0.1, 0.15) is 12.0 Å². The quantitative estimate of drug-likeness (QED) is 0.663. The van der Waals surface area contributed by atoms with Gasteiger partial charge in [-0.2, -0.15) is 0 Å². The van der Waals surface area contributed by atoms with Gasteiger partial charge < -0.3 is 15.1 Å². The molecule has 3 atom stereocenters. The van der Waals surface area contributed by atoms with Crippen LogP contribution in [0.1, 0.15) is 36.7 Å². The van der Waals surface area contributed by atoms with E-state index in [0.29, 0.717) is 18.2 Å². The van der Waals surface area contributed by atoms with Gasteiger partial charge in [0, 0.05) is 57.1 Å². The maximum absolute atomic E-state index is 13.2. The molecule has 3 aliphatic rings. The van der Waals surface area contributed by atoms with Gasteiger partial charge in [-0.05, 0) is 50.6 Å². The van der Waals surface area contributed by atoms with E-state index in [-0.39, 0.29) is 30.1 Å². The highest BCUT2D eigenvalue weighted by molar-refractivity contribution is 6.05. The SMILES string of the molecule is CC(C)N1CCN(C(=O)c2cccc(NC3=NC4C(C=C3)N(C)C(=O)[C@@H](C)N4Cc3ccccc3)c2)CC1. The molecule has 3 aliphatic heterocycles. The van der Waals surface area contributed by atoms with Crippen LogP contribution in [0.3, 0.4) is 0 Å². The maximum Gasteiger partial charge on any atom is 0.254 e. The highest BCUT2D eigenvalue weighted by Gasteiger charge is 2.43. The molecule has 5 rings (SSSR count). The average molecular weight is 515 g/mol. The third-order valence-corrected chi connectivity index (χ3v) is 7.94. The van der Waals surface area contributed by atoms with E-state index < -0.39 is 0 Å². The number of anilines is 1. The zero-order valence-corrected chi connectivity index (χ0v) is 22.7. The molecule has 0 saturated carbocycles. The standard InChI is InChI=1S/C30H38N6O2/c1-21(2)34-15-17-35(18-16-34)30(38)24-11-8-12-25(19-24)31-27-14-13-26-28(32-27)36(22(3)29(37)33(26)4)20-23-9-6-5-7-10-23/h5-14,19,21-22,26,28H,15-18,20H2,1-4H3,(H,31,32)/t22-,26?,28?/m1/s1. The van der Waals surface area contributed by atoms with Crippen molar-refractivity contribution < 1.29 is 9.59 Å². The number of benzene rings is 2. The second-order valence-electron chi connectivity index (χ2n) is 10.7. The predicted octanol–water partition coefficient (Wildman–Crippen LogP) is 3.29. The number of aliphatic imine (C=N–C) groups is 1. The Morgan fingerprint density at radius 2 is 1.79 bits per heavy atom. The number of likely N-dealkylation sites (N-methyl/N-ethyl adjacent to an activating group) is 1. The molecule has 0 bridgehead atoms. The van der Waals surface area contributed by atoms with Gasteiger partial charge >= 0.3 is 0 Å². The number of nitrogens with zero attached hydrogens (tertiary/aromatic N) is 5. The maximum atomic E-state index is 13.2. The topological polar surface area (TPSA) is 71.5 Å². The highest BCUT2D eigenvalue weighted by Crippen LogP contribution is 2.28. The molecule has 38 heavy (non-hydrogen) atoms. The summed E-state index contributed by atoms with van der Waals surface area (Å²) in [5.74, 6) is 0.877. The lowest BCUT2D eigenvalue weighted by molar-refractivity contribution is -0.146. The molecule has 8 heteroatoms. The number of hydrogen-bond acceptors (Lipinski definition) is 6. The number of carbonyl (C=O) groups excluding carboxylic acids is 2. The molecular weight excluding hydrogens is 476 g/mol. The van der Waals surface area contributed by atoms with Crippen LogP contribution in [0, 0.1) is 0 Å². The molecule has 2 amide bonds. The van der Waals surface area contributed by atoms with E-state index in [0.717, 1.165) is 43.3 Å². The number of dihydropyridines is 1. The largest absolute Gasteiger partial charge is 0.340 e. The van der Waals surface area contributed by atoms with Crippen LogP contribution >= 0.6 is 0 Å². The fraction of sp³-hybridized carbons (Fsp3) is 0.433. The van der Waals surface area contributed by atoms with Gasteiger partial charge in [0.2, 0.25) is 5.91 Å². The Morgan fingerprint density at radius 1 is 1.05 bits per heavy atom. The first kappa shape index (κ1) is 26.1. The zero-order valence-electron chi connectivity index (χ0n) is 22.7. The smallest absolute Gasteiger partial charge is 0.254 e. The third kappa shape index (κ3) is 5.37. The lowest BCUT2D eigenvalue weighted by atomic mass is 10.00. The molecule has 0 spiro atoms. The Bertz CT molecular complexity index is 1220. The van der Waals surface area contributed by atoms with Crippen molar-refractivity contribution in [3.8, 4) is 0 Å². The van der Waals surface area contributed by atoms with Crippen molar-refractivity contribution in [2.45, 2.75) is 51.6 Å². The first-order valence-corrected chi connectivity index (χ1v) is 13.5. The number of amidine groups is 1. The summed E-state index contributed by atoms with van der Waals surface area (Å²) in [7, 11) is 1.85. The van der Waals surface area contributed by atoms with Crippen molar-refractivity contribution in [2.75, 3.05) is 38.5 Å². The first-order chi connectivity index (χ1) is 18.3. The summed E-state index contributed by atoms with van der Waals surface area (Å²) in [5.41, 5.74) is 2.64. The Balaban J connectivity index is 1.32. The summed E-state index contributed by atoms with van der Waals surface area (Å²) in [5, 5.41) is 3.41. The summed E-state index contributed by atoms with van der Waals surface area (Å²) in [6.45, 7) is 10.3. The summed E-state index contributed by atoms with van der Waals surface area (Å²) in [6, 6.07) is 17.9. The Kier molecular flexibility index (Phi) is 7.63. The van der Waals surface area contributed by atoms with Gasteiger partial charge in [0.05, 0.1) is 12.1 Å². The van der Waals surface area contributed by atoms with Gasteiger partial charge in [0.15, 0.2) is 0 Å². The van der Waals surface area contributed by atoms with Crippen molar-refractivity contribution in [2.24, 2.45) is 4.99 Å². The van der Waals surface area contributed by atoms with Crippen LogP contribution in [0.4, 0.5) is 5.69 Å². The van der Waals surface area contributed by atoms with Gasteiger partial charge in [-0.15, -0.1) is 0 Å². The molecule has 3 heterocycles.